The average Bonchev–Trinajstić information content (AvgIpc) is 2.36. The molecule has 3 heteroatoms. The Morgan fingerprint density at radius 3 is 2.53 bits per heavy atom. The molecular weight excluding hydrogens is 307 g/mol. The van der Waals surface area contributed by atoms with Gasteiger partial charge < -0.3 is 5.11 Å². The summed E-state index contributed by atoms with van der Waals surface area (Å²) in [6, 6.07) is 10.5. The van der Waals surface area contributed by atoms with E-state index in [1.807, 2.05) is 19.1 Å². The summed E-state index contributed by atoms with van der Waals surface area (Å²) in [6.07, 6.45) is -0.240. The number of hydrogen-bond acceptors (Lipinski definition) is 1. The predicted molar refractivity (Wildman–Crippen MR) is 78.7 cm³/mol. The minimum atomic E-state index is -0.716. The highest BCUT2D eigenvalue weighted by atomic mass is 79.9. The molecule has 0 aromatic heterocycles. The molecule has 100 valence electrons. The molecule has 2 rings (SSSR count). The Bertz CT molecular complexity index is 595. The molecule has 0 aliphatic rings. The summed E-state index contributed by atoms with van der Waals surface area (Å²) in [7, 11) is 0. The maximum Gasteiger partial charge on any atom is 0.123 e. The summed E-state index contributed by atoms with van der Waals surface area (Å²) in [6.45, 7) is 4.10. The molecule has 2 aromatic rings. The minimum absolute atomic E-state index is 0.336. The van der Waals surface area contributed by atoms with Gasteiger partial charge >= 0.3 is 0 Å². The van der Waals surface area contributed by atoms with Crippen LogP contribution in [0.2, 0.25) is 0 Å². The van der Waals surface area contributed by atoms with Crippen molar-refractivity contribution in [2.75, 3.05) is 0 Å². The molecule has 0 bridgehead atoms. The lowest BCUT2D eigenvalue weighted by Crippen LogP contribution is -2.03. The first-order chi connectivity index (χ1) is 8.97. The summed E-state index contributed by atoms with van der Waals surface area (Å²) < 4.78 is 14.0. The fraction of sp³-hybridized carbons (Fsp3) is 0.250. The third-order valence-electron chi connectivity index (χ3n) is 3.32. The molecule has 2 aromatic carbocycles. The standard InChI is InChI=1S/C16H16BrFO/c1-10-3-4-12(7-11(10)2)8-16(19)14-9-13(18)5-6-15(14)17/h3-7,9,16,19H,8H2,1-2H3. The van der Waals surface area contributed by atoms with Crippen molar-refractivity contribution >= 4 is 15.9 Å². The van der Waals surface area contributed by atoms with E-state index in [-0.39, 0.29) is 5.82 Å². The molecule has 0 aliphatic heterocycles. The summed E-state index contributed by atoms with van der Waals surface area (Å²) in [5, 5.41) is 10.2. The van der Waals surface area contributed by atoms with Gasteiger partial charge in [-0.15, -0.1) is 0 Å². The van der Waals surface area contributed by atoms with Crippen LogP contribution in [0.1, 0.15) is 28.4 Å². The normalized spacial score (nSPS) is 12.5. The fourth-order valence-electron chi connectivity index (χ4n) is 2.03. The van der Waals surface area contributed by atoms with Gasteiger partial charge in [0.2, 0.25) is 0 Å². The maximum absolute atomic E-state index is 13.2. The van der Waals surface area contributed by atoms with E-state index in [4.69, 9.17) is 0 Å². The maximum atomic E-state index is 13.2. The lowest BCUT2D eigenvalue weighted by molar-refractivity contribution is 0.177. The Morgan fingerprint density at radius 2 is 1.84 bits per heavy atom. The zero-order chi connectivity index (χ0) is 14.0. The topological polar surface area (TPSA) is 20.2 Å². The van der Waals surface area contributed by atoms with Crippen molar-refractivity contribution in [3.8, 4) is 0 Å². The smallest absolute Gasteiger partial charge is 0.123 e. The molecule has 0 saturated heterocycles. The summed E-state index contributed by atoms with van der Waals surface area (Å²) in [4.78, 5) is 0. The van der Waals surface area contributed by atoms with Gasteiger partial charge in [0.15, 0.2) is 0 Å². The number of aliphatic hydroxyl groups is 1. The molecule has 0 aliphatic carbocycles. The molecule has 1 nitrogen and oxygen atoms in total. The van der Waals surface area contributed by atoms with Crippen LogP contribution in [0.4, 0.5) is 4.39 Å². The van der Waals surface area contributed by atoms with Gasteiger partial charge in [-0.3, -0.25) is 0 Å². The van der Waals surface area contributed by atoms with Gasteiger partial charge in [0.25, 0.3) is 0 Å². The molecule has 1 N–H and O–H groups in total. The Labute approximate surface area is 121 Å². The van der Waals surface area contributed by atoms with Crippen LogP contribution in [0.15, 0.2) is 40.9 Å². The average molecular weight is 323 g/mol. The lowest BCUT2D eigenvalue weighted by Gasteiger charge is -2.14. The van der Waals surface area contributed by atoms with Crippen LogP contribution < -0.4 is 0 Å². The van der Waals surface area contributed by atoms with E-state index < -0.39 is 6.10 Å². The summed E-state index contributed by atoms with van der Waals surface area (Å²) >= 11 is 3.34. The Morgan fingerprint density at radius 1 is 1.11 bits per heavy atom. The van der Waals surface area contributed by atoms with E-state index in [1.165, 1.54) is 23.3 Å². The predicted octanol–water partition coefficient (Wildman–Crippen LogP) is 4.48. The third-order valence-corrected chi connectivity index (χ3v) is 4.04. The van der Waals surface area contributed by atoms with E-state index in [0.29, 0.717) is 12.0 Å². The van der Waals surface area contributed by atoms with Gasteiger partial charge in [0, 0.05) is 10.9 Å². The quantitative estimate of drug-likeness (QED) is 0.883. The molecule has 0 amide bonds. The number of aliphatic hydroxyl groups excluding tert-OH is 1. The van der Waals surface area contributed by atoms with Gasteiger partial charge in [-0.05, 0) is 54.3 Å². The van der Waals surface area contributed by atoms with Crippen molar-refractivity contribution < 1.29 is 9.50 Å². The van der Waals surface area contributed by atoms with Gasteiger partial charge in [0.1, 0.15) is 5.82 Å². The second kappa shape index (κ2) is 5.85. The van der Waals surface area contributed by atoms with Crippen LogP contribution in [0.5, 0.6) is 0 Å². The Balaban J connectivity index is 2.22. The zero-order valence-electron chi connectivity index (χ0n) is 11.0. The van der Waals surface area contributed by atoms with Crippen LogP contribution in [0.25, 0.3) is 0 Å². The summed E-state index contributed by atoms with van der Waals surface area (Å²) in [5.41, 5.74) is 4.05. The molecule has 0 saturated carbocycles. The number of rotatable bonds is 3. The van der Waals surface area contributed by atoms with Crippen molar-refractivity contribution in [2.24, 2.45) is 0 Å². The molecule has 1 unspecified atom stereocenters. The van der Waals surface area contributed by atoms with Crippen LogP contribution >= 0.6 is 15.9 Å². The van der Waals surface area contributed by atoms with Crippen molar-refractivity contribution in [3.63, 3.8) is 0 Å². The summed E-state index contributed by atoms with van der Waals surface area (Å²) in [5.74, 6) is -0.336. The Hall–Kier alpha value is -1.19. The second-order valence-corrected chi connectivity index (χ2v) is 5.66. The molecule has 19 heavy (non-hydrogen) atoms. The van der Waals surface area contributed by atoms with Gasteiger partial charge in [-0.1, -0.05) is 34.1 Å². The largest absolute Gasteiger partial charge is 0.388 e. The lowest BCUT2D eigenvalue weighted by atomic mass is 9.98. The molecule has 1 atom stereocenters. The number of halogens is 2. The van der Waals surface area contributed by atoms with Gasteiger partial charge in [-0.25, -0.2) is 4.39 Å². The second-order valence-electron chi connectivity index (χ2n) is 4.80. The SMILES string of the molecule is Cc1ccc(CC(O)c2cc(F)ccc2Br)cc1C. The highest BCUT2D eigenvalue weighted by Crippen LogP contribution is 2.27. The van der Waals surface area contributed by atoms with Crippen LogP contribution in [-0.4, -0.2) is 5.11 Å². The van der Waals surface area contributed by atoms with Crippen molar-refractivity contribution in [1.29, 1.82) is 0 Å². The molecule has 0 spiro atoms. The molecule has 0 heterocycles. The van der Waals surface area contributed by atoms with Crippen LogP contribution in [0.3, 0.4) is 0 Å². The van der Waals surface area contributed by atoms with E-state index in [9.17, 15) is 9.50 Å². The van der Waals surface area contributed by atoms with E-state index >= 15 is 0 Å². The number of hydrogen-bond donors (Lipinski definition) is 1. The first-order valence-corrected chi connectivity index (χ1v) is 6.96. The third kappa shape index (κ3) is 3.43. The van der Waals surface area contributed by atoms with Crippen LogP contribution in [0, 0.1) is 19.7 Å². The van der Waals surface area contributed by atoms with E-state index in [0.717, 1.165) is 10.0 Å². The monoisotopic (exact) mass is 322 g/mol. The molecule has 0 radical (unpaired) electrons. The molecular formula is C16H16BrFO. The minimum Gasteiger partial charge on any atom is -0.388 e. The fourth-order valence-corrected chi connectivity index (χ4v) is 2.54. The van der Waals surface area contributed by atoms with Crippen molar-refractivity contribution in [1.82, 2.24) is 0 Å². The number of aryl methyl sites for hydroxylation is 2. The first-order valence-electron chi connectivity index (χ1n) is 6.16. The van der Waals surface area contributed by atoms with Crippen molar-refractivity contribution in [2.45, 2.75) is 26.4 Å². The highest BCUT2D eigenvalue weighted by molar-refractivity contribution is 9.10. The van der Waals surface area contributed by atoms with E-state index in [1.54, 1.807) is 6.07 Å². The van der Waals surface area contributed by atoms with Crippen LogP contribution in [-0.2, 0) is 6.42 Å². The Kier molecular flexibility index (Phi) is 4.38. The van der Waals surface area contributed by atoms with Gasteiger partial charge in [-0.2, -0.15) is 0 Å². The zero-order valence-corrected chi connectivity index (χ0v) is 12.5. The van der Waals surface area contributed by atoms with Gasteiger partial charge in [0.05, 0.1) is 6.10 Å². The highest BCUT2D eigenvalue weighted by Gasteiger charge is 2.13. The number of benzene rings is 2. The molecule has 0 fully saturated rings. The van der Waals surface area contributed by atoms with E-state index in [2.05, 4.69) is 28.9 Å². The first kappa shape index (κ1) is 14.2. The van der Waals surface area contributed by atoms with Crippen molar-refractivity contribution in [3.05, 3.63) is 68.9 Å².